The average Bonchev–Trinajstić information content (AvgIpc) is 2.43. The Morgan fingerprint density at radius 3 is 2.67 bits per heavy atom. The molecule has 0 aliphatic carbocycles. The molecule has 84 valence electrons. The molecule has 0 N–H and O–H groups in total. The molecule has 1 aliphatic heterocycles. The van der Waals surface area contributed by atoms with E-state index in [0.717, 1.165) is 4.90 Å². The maximum Gasteiger partial charge on any atom is 0.420 e. The highest BCUT2D eigenvalue weighted by Gasteiger charge is 2.36. The number of rotatable bonds is 1. The third kappa shape index (κ3) is 2.97. The Bertz CT molecular complexity index is 292. The Kier molecular flexibility index (Phi) is 3.02. The van der Waals surface area contributed by atoms with Crippen LogP contribution in [-0.4, -0.2) is 35.3 Å². The summed E-state index contributed by atoms with van der Waals surface area (Å²) in [5.74, 6) is 0. The van der Waals surface area contributed by atoms with Crippen molar-refractivity contribution in [3.63, 3.8) is 0 Å². The summed E-state index contributed by atoms with van der Waals surface area (Å²) in [6.07, 6.45) is -0.335. The van der Waals surface area contributed by atoms with Crippen molar-refractivity contribution in [2.24, 2.45) is 0 Å². The van der Waals surface area contributed by atoms with E-state index in [2.05, 4.69) is 6.58 Å². The van der Waals surface area contributed by atoms with Gasteiger partial charge in [0.05, 0.1) is 6.54 Å². The van der Waals surface area contributed by atoms with E-state index in [4.69, 9.17) is 9.47 Å². The maximum atomic E-state index is 11.5. The standard InChI is InChI=1S/C10H15NO4/c1-5-7-6-11(8(12)14-7)9(13)15-10(2,3)4/h5,7H,1,6H2,2-4H3. The number of ether oxygens (including phenoxy) is 2. The number of hydrogen-bond donors (Lipinski definition) is 0. The van der Waals surface area contributed by atoms with Gasteiger partial charge in [0.1, 0.15) is 11.7 Å². The molecule has 0 bridgehead atoms. The highest BCUT2D eigenvalue weighted by Crippen LogP contribution is 2.16. The molecule has 0 aromatic carbocycles. The third-order valence-electron chi connectivity index (χ3n) is 1.71. The minimum Gasteiger partial charge on any atom is -0.443 e. The quantitative estimate of drug-likeness (QED) is 0.624. The van der Waals surface area contributed by atoms with Gasteiger partial charge in [0.2, 0.25) is 0 Å². The number of imide groups is 1. The highest BCUT2D eigenvalue weighted by atomic mass is 16.6. The lowest BCUT2D eigenvalue weighted by Gasteiger charge is -2.21. The minimum absolute atomic E-state index is 0.164. The van der Waals surface area contributed by atoms with E-state index < -0.39 is 23.9 Å². The van der Waals surface area contributed by atoms with E-state index in [0.29, 0.717) is 0 Å². The first-order valence-corrected chi connectivity index (χ1v) is 4.67. The van der Waals surface area contributed by atoms with Gasteiger partial charge in [0.25, 0.3) is 0 Å². The lowest BCUT2D eigenvalue weighted by molar-refractivity contribution is 0.0339. The van der Waals surface area contributed by atoms with E-state index in [-0.39, 0.29) is 6.54 Å². The molecule has 0 saturated carbocycles. The second kappa shape index (κ2) is 3.92. The van der Waals surface area contributed by atoms with Crippen LogP contribution in [0.15, 0.2) is 12.7 Å². The van der Waals surface area contributed by atoms with Crippen LogP contribution in [0.1, 0.15) is 20.8 Å². The summed E-state index contributed by atoms with van der Waals surface area (Å²) >= 11 is 0. The summed E-state index contributed by atoms with van der Waals surface area (Å²) in [6.45, 7) is 8.85. The number of cyclic esters (lactones) is 1. The number of hydrogen-bond acceptors (Lipinski definition) is 4. The zero-order valence-corrected chi connectivity index (χ0v) is 9.15. The van der Waals surface area contributed by atoms with E-state index in [1.165, 1.54) is 6.08 Å². The lowest BCUT2D eigenvalue weighted by Crippen LogP contribution is -2.37. The van der Waals surface area contributed by atoms with Gasteiger partial charge in [0, 0.05) is 0 Å². The molecule has 1 rings (SSSR count). The molecule has 1 atom stereocenters. The zero-order valence-electron chi connectivity index (χ0n) is 9.15. The van der Waals surface area contributed by atoms with Gasteiger partial charge in [-0.1, -0.05) is 6.58 Å². The van der Waals surface area contributed by atoms with E-state index in [1.54, 1.807) is 20.8 Å². The van der Waals surface area contributed by atoms with Crippen LogP contribution in [-0.2, 0) is 9.47 Å². The average molecular weight is 213 g/mol. The Morgan fingerprint density at radius 1 is 1.67 bits per heavy atom. The van der Waals surface area contributed by atoms with Crippen LogP contribution in [0.4, 0.5) is 9.59 Å². The summed E-state index contributed by atoms with van der Waals surface area (Å²) in [7, 11) is 0. The van der Waals surface area contributed by atoms with Crippen LogP contribution < -0.4 is 0 Å². The third-order valence-corrected chi connectivity index (χ3v) is 1.71. The monoisotopic (exact) mass is 213 g/mol. The Hall–Kier alpha value is -1.52. The zero-order chi connectivity index (χ0) is 11.6. The van der Waals surface area contributed by atoms with Crippen LogP contribution in [0.3, 0.4) is 0 Å². The first-order valence-electron chi connectivity index (χ1n) is 4.67. The van der Waals surface area contributed by atoms with E-state index in [9.17, 15) is 9.59 Å². The van der Waals surface area contributed by atoms with E-state index in [1.807, 2.05) is 0 Å². The van der Waals surface area contributed by atoms with Gasteiger partial charge in [0.15, 0.2) is 0 Å². The number of carbonyl (C=O) groups excluding carboxylic acids is 2. The van der Waals surface area contributed by atoms with Crippen molar-refractivity contribution < 1.29 is 19.1 Å². The van der Waals surface area contributed by atoms with Gasteiger partial charge in [-0.3, -0.25) is 0 Å². The summed E-state index contributed by atoms with van der Waals surface area (Å²) < 4.78 is 9.86. The molecular weight excluding hydrogens is 198 g/mol. The lowest BCUT2D eigenvalue weighted by atomic mass is 10.2. The van der Waals surface area contributed by atoms with Crippen molar-refractivity contribution in [3.05, 3.63) is 12.7 Å². The molecule has 15 heavy (non-hydrogen) atoms. The summed E-state index contributed by atoms with van der Waals surface area (Å²) in [6, 6.07) is 0. The molecule has 0 spiro atoms. The predicted octanol–water partition coefficient (Wildman–Crippen LogP) is 1.93. The maximum absolute atomic E-state index is 11.5. The molecule has 0 radical (unpaired) electrons. The molecule has 0 aromatic heterocycles. The van der Waals surface area contributed by atoms with Crippen LogP contribution in [0, 0.1) is 0 Å². The van der Waals surface area contributed by atoms with Gasteiger partial charge in [-0.05, 0) is 26.8 Å². The summed E-state index contributed by atoms with van der Waals surface area (Å²) in [4.78, 5) is 23.7. The molecule has 5 heteroatoms. The van der Waals surface area contributed by atoms with Crippen molar-refractivity contribution >= 4 is 12.2 Å². The van der Waals surface area contributed by atoms with Gasteiger partial charge >= 0.3 is 12.2 Å². The molecule has 1 unspecified atom stereocenters. The second-order valence-corrected chi connectivity index (χ2v) is 4.25. The fourth-order valence-corrected chi connectivity index (χ4v) is 1.07. The molecule has 1 saturated heterocycles. The number of nitrogens with zero attached hydrogens (tertiary/aromatic N) is 1. The van der Waals surface area contributed by atoms with Gasteiger partial charge in [-0.25, -0.2) is 14.5 Å². The number of carbonyl (C=O) groups is 2. The molecule has 1 aliphatic rings. The fourth-order valence-electron chi connectivity index (χ4n) is 1.07. The van der Waals surface area contributed by atoms with Gasteiger partial charge in [-0.2, -0.15) is 0 Å². The summed E-state index contributed by atoms with van der Waals surface area (Å²) in [5.41, 5.74) is -0.621. The largest absolute Gasteiger partial charge is 0.443 e. The molecule has 1 heterocycles. The molecule has 0 aromatic rings. The molecular formula is C10H15NO4. The Balaban J connectivity index is 2.62. The highest BCUT2D eigenvalue weighted by molar-refractivity contribution is 5.89. The Labute approximate surface area is 88.6 Å². The smallest absolute Gasteiger partial charge is 0.420 e. The van der Waals surface area contributed by atoms with Crippen molar-refractivity contribution in [2.75, 3.05) is 6.54 Å². The number of amides is 2. The second-order valence-electron chi connectivity index (χ2n) is 4.25. The van der Waals surface area contributed by atoms with Crippen molar-refractivity contribution in [1.29, 1.82) is 0 Å². The molecule has 5 nitrogen and oxygen atoms in total. The van der Waals surface area contributed by atoms with Crippen LogP contribution in [0.5, 0.6) is 0 Å². The van der Waals surface area contributed by atoms with Gasteiger partial charge < -0.3 is 9.47 Å². The SMILES string of the molecule is C=CC1CN(C(=O)OC(C)(C)C)C(=O)O1. The fraction of sp³-hybridized carbons (Fsp3) is 0.600. The topological polar surface area (TPSA) is 55.8 Å². The predicted molar refractivity (Wildman–Crippen MR) is 53.4 cm³/mol. The molecule has 1 fully saturated rings. The van der Waals surface area contributed by atoms with E-state index >= 15 is 0 Å². The van der Waals surface area contributed by atoms with Crippen molar-refractivity contribution in [1.82, 2.24) is 4.90 Å². The van der Waals surface area contributed by atoms with Crippen molar-refractivity contribution in [3.8, 4) is 0 Å². The summed E-state index contributed by atoms with van der Waals surface area (Å²) in [5, 5.41) is 0. The van der Waals surface area contributed by atoms with Crippen LogP contribution >= 0.6 is 0 Å². The normalized spacial score (nSPS) is 21.1. The molecule has 2 amide bonds. The first-order chi connectivity index (χ1) is 6.83. The van der Waals surface area contributed by atoms with Gasteiger partial charge in [-0.15, -0.1) is 0 Å². The van der Waals surface area contributed by atoms with Crippen LogP contribution in [0.2, 0.25) is 0 Å². The van der Waals surface area contributed by atoms with Crippen molar-refractivity contribution in [2.45, 2.75) is 32.5 Å². The minimum atomic E-state index is -0.686. The van der Waals surface area contributed by atoms with Crippen LogP contribution in [0.25, 0.3) is 0 Å². The Morgan fingerprint density at radius 2 is 2.27 bits per heavy atom. The first kappa shape index (κ1) is 11.6.